The van der Waals surface area contributed by atoms with E-state index in [1.165, 1.54) is 0 Å². The molecule has 0 aliphatic carbocycles. The van der Waals surface area contributed by atoms with Crippen molar-refractivity contribution in [3.63, 3.8) is 0 Å². The number of hydrogen-bond donors (Lipinski definition) is 2. The Balaban J connectivity index is -0.0000000208. The second kappa shape index (κ2) is 7.82. The van der Waals surface area contributed by atoms with Crippen molar-refractivity contribution in [1.82, 2.24) is 0 Å². The van der Waals surface area contributed by atoms with Crippen molar-refractivity contribution in [2.24, 2.45) is 0 Å². The van der Waals surface area contributed by atoms with Crippen LogP contribution in [0, 0.1) is 0 Å². The summed E-state index contributed by atoms with van der Waals surface area (Å²) in [7, 11) is 0. The van der Waals surface area contributed by atoms with Crippen LogP contribution in [0.4, 0.5) is 0 Å². The van der Waals surface area contributed by atoms with Gasteiger partial charge in [-0.1, -0.05) is 0 Å². The van der Waals surface area contributed by atoms with E-state index in [1.807, 2.05) is 0 Å². The number of aliphatic carboxylic acids is 2. The molecule has 0 aromatic heterocycles. The molecule has 0 aromatic carbocycles. The van der Waals surface area contributed by atoms with Gasteiger partial charge >= 0.3 is 49.7 Å². The molecule has 2 N–H and O–H groups in total. The van der Waals surface area contributed by atoms with Gasteiger partial charge in [0, 0.05) is 19.5 Å². The summed E-state index contributed by atoms with van der Waals surface area (Å²) in [5, 5.41) is 14.8. The second-order valence-corrected chi connectivity index (χ2v) is 0.610. The van der Waals surface area contributed by atoms with E-state index in [4.69, 9.17) is 19.8 Å². The molecule has 0 saturated heterocycles. The molecule has 0 amide bonds. The van der Waals surface area contributed by atoms with Crippen molar-refractivity contribution in [1.29, 1.82) is 0 Å². The summed E-state index contributed by atoms with van der Waals surface area (Å²) in [6.45, 7) is 0. The number of hydrogen-bond acceptors (Lipinski definition) is 2. The van der Waals surface area contributed by atoms with E-state index in [0.29, 0.717) is 0 Å². The SMILES string of the molecule is O=C(O)C(=O)O.[Ca+2].[H-].[H-].[Zn]. The molecule has 4 nitrogen and oxygen atoms in total. The van der Waals surface area contributed by atoms with Crippen LogP contribution in [0.1, 0.15) is 2.85 Å². The second-order valence-electron chi connectivity index (χ2n) is 0.610. The monoisotopic (exact) mass is 196 g/mol. The van der Waals surface area contributed by atoms with Gasteiger partial charge in [-0.05, 0) is 0 Å². The molecule has 0 rings (SSSR count). The van der Waals surface area contributed by atoms with Crippen molar-refractivity contribution in [2.45, 2.75) is 0 Å². The van der Waals surface area contributed by atoms with Gasteiger partial charge in [0.1, 0.15) is 0 Å². The maximum Gasteiger partial charge on any atom is 2.00 e. The Morgan fingerprint density at radius 2 is 1.25 bits per heavy atom. The molecular formula is C2H4CaO4Zn. The van der Waals surface area contributed by atoms with Gasteiger partial charge in [0.2, 0.25) is 0 Å². The van der Waals surface area contributed by atoms with Gasteiger partial charge in [0.05, 0.1) is 0 Å². The van der Waals surface area contributed by atoms with Crippen LogP contribution in [0.25, 0.3) is 0 Å². The first-order valence-corrected chi connectivity index (χ1v) is 1.11. The third-order valence-electron chi connectivity index (χ3n) is 0.183. The van der Waals surface area contributed by atoms with Gasteiger partial charge in [-0.25, -0.2) is 9.59 Å². The third-order valence-corrected chi connectivity index (χ3v) is 0.183. The minimum absolute atomic E-state index is 0. The Kier molecular flexibility index (Phi) is 15.6. The summed E-state index contributed by atoms with van der Waals surface area (Å²) < 4.78 is 0. The van der Waals surface area contributed by atoms with Crippen molar-refractivity contribution in [3.8, 4) is 0 Å². The van der Waals surface area contributed by atoms with Gasteiger partial charge in [0.15, 0.2) is 0 Å². The topological polar surface area (TPSA) is 74.6 Å². The fourth-order valence-corrected chi connectivity index (χ4v) is 0. The zero-order chi connectivity index (χ0) is 5.15. The molecule has 0 radical (unpaired) electrons. The number of rotatable bonds is 0. The summed E-state index contributed by atoms with van der Waals surface area (Å²) in [5.74, 6) is -3.65. The molecule has 6 heteroatoms. The number of carbonyl (C=O) groups is 2. The Morgan fingerprint density at radius 1 is 1.12 bits per heavy atom. The fraction of sp³-hybridized carbons (Fsp3) is 0. The van der Waals surface area contributed by atoms with Gasteiger partial charge in [-0.15, -0.1) is 0 Å². The van der Waals surface area contributed by atoms with Crippen LogP contribution in [-0.4, -0.2) is 59.9 Å². The average molecular weight is 198 g/mol. The molecule has 0 aliphatic rings. The van der Waals surface area contributed by atoms with Crippen LogP contribution in [0.5, 0.6) is 0 Å². The van der Waals surface area contributed by atoms with Crippen LogP contribution in [-0.2, 0) is 29.1 Å². The molecule has 0 fully saturated rings. The Morgan fingerprint density at radius 3 is 1.25 bits per heavy atom. The first kappa shape index (κ1) is 15.9. The first-order valence-electron chi connectivity index (χ1n) is 1.11. The molecule has 8 heavy (non-hydrogen) atoms. The molecule has 0 aromatic rings. The van der Waals surface area contributed by atoms with Crippen molar-refractivity contribution >= 4 is 49.7 Å². The standard InChI is InChI=1S/C2H2O4.Ca.Zn.2H/c3-1(4)2(5)6;;;;/h(H,3,4)(H,5,6);;;;/q;+2;;2*-1. The van der Waals surface area contributed by atoms with Gasteiger partial charge in [-0.3, -0.25) is 0 Å². The minimum atomic E-state index is -1.82. The van der Waals surface area contributed by atoms with E-state index in [-0.39, 0.29) is 60.1 Å². The number of carboxylic acid groups (broad SMARTS) is 2. The Hall–Kier alpha value is 0.823. The van der Waals surface area contributed by atoms with E-state index < -0.39 is 11.9 Å². The Bertz CT molecular complexity index is 87.3. The maximum absolute atomic E-state index is 9.10. The van der Waals surface area contributed by atoms with Crippen LogP contribution < -0.4 is 0 Å². The van der Waals surface area contributed by atoms with Crippen LogP contribution >= 0.6 is 0 Å². The summed E-state index contributed by atoms with van der Waals surface area (Å²) in [6.07, 6.45) is 0. The molecule has 0 atom stereocenters. The van der Waals surface area contributed by atoms with Crippen molar-refractivity contribution in [2.75, 3.05) is 0 Å². The predicted octanol–water partition coefficient (Wildman–Crippen LogP) is -1.00. The van der Waals surface area contributed by atoms with Crippen LogP contribution in [0.3, 0.4) is 0 Å². The molecule has 0 heterocycles. The molecule has 0 aliphatic heterocycles. The third kappa shape index (κ3) is 9.95. The zero-order valence-electron chi connectivity index (χ0n) is 6.13. The number of carboxylic acids is 2. The molecule has 0 unspecified atom stereocenters. The van der Waals surface area contributed by atoms with E-state index in [9.17, 15) is 0 Å². The molecule has 40 valence electrons. The molecule has 0 bridgehead atoms. The van der Waals surface area contributed by atoms with Crippen LogP contribution in [0.2, 0.25) is 0 Å². The largest absolute Gasteiger partial charge is 2.00 e. The fourth-order valence-electron chi connectivity index (χ4n) is 0. The van der Waals surface area contributed by atoms with E-state index in [1.54, 1.807) is 0 Å². The Labute approximate surface area is 91.0 Å². The van der Waals surface area contributed by atoms with Gasteiger partial charge < -0.3 is 13.1 Å². The summed E-state index contributed by atoms with van der Waals surface area (Å²) in [6, 6.07) is 0. The molecule has 0 saturated carbocycles. The normalized spacial score (nSPS) is 5.50. The molecular weight excluding hydrogens is 193 g/mol. The van der Waals surface area contributed by atoms with E-state index >= 15 is 0 Å². The summed E-state index contributed by atoms with van der Waals surface area (Å²) >= 11 is 0. The quantitative estimate of drug-likeness (QED) is 0.386. The minimum Gasteiger partial charge on any atom is -1.00 e. The smallest absolute Gasteiger partial charge is 1.00 e. The predicted molar refractivity (Wildman–Crippen MR) is 23.2 cm³/mol. The van der Waals surface area contributed by atoms with Gasteiger partial charge in [0.25, 0.3) is 0 Å². The van der Waals surface area contributed by atoms with E-state index in [2.05, 4.69) is 0 Å². The van der Waals surface area contributed by atoms with Crippen molar-refractivity contribution < 1.29 is 42.1 Å². The van der Waals surface area contributed by atoms with E-state index in [0.717, 1.165) is 0 Å². The van der Waals surface area contributed by atoms with Crippen molar-refractivity contribution in [3.05, 3.63) is 0 Å². The summed E-state index contributed by atoms with van der Waals surface area (Å²) in [5.41, 5.74) is 0. The molecule has 0 spiro atoms. The summed E-state index contributed by atoms with van der Waals surface area (Å²) in [4.78, 5) is 18.2. The van der Waals surface area contributed by atoms with Crippen LogP contribution in [0.15, 0.2) is 0 Å². The van der Waals surface area contributed by atoms with Gasteiger partial charge in [-0.2, -0.15) is 0 Å². The zero-order valence-corrected chi connectivity index (χ0v) is 9.30. The average Bonchev–Trinajstić information content (AvgIpc) is 1.36. The maximum atomic E-state index is 9.10. The first-order chi connectivity index (χ1) is 2.64.